The van der Waals surface area contributed by atoms with Crippen LogP contribution in [-0.4, -0.2) is 52.8 Å². The maximum atomic E-state index is 13.2. The standard InChI is InChI=1S/C20H31N3O2S/c1-15-16(26-14-21-15)6-7-17(24)22-11-9-20(13-22)8-5-10-23(18(20)25)12-19(2,3)4/h14H,5-13H2,1-4H3/t20-/m1/s1. The minimum Gasteiger partial charge on any atom is -0.342 e. The zero-order valence-electron chi connectivity index (χ0n) is 16.5. The number of nitrogens with zero attached hydrogens (tertiary/aromatic N) is 3. The fraction of sp³-hybridized carbons (Fsp3) is 0.750. The number of carbonyl (C=O) groups excluding carboxylic acids is 2. The van der Waals surface area contributed by atoms with Crippen molar-refractivity contribution in [3.8, 4) is 0 Å². The maximum Gasteiger partial charge on any atom is 0.230 e. The Morgan fingerprint density at radius 3 is 2.73 bits per heavy atom. The molecule has 0 bridgehead atoms. The molecule has 3 rings (SSSR count). The van der Waals surface area contributed by atoms with Gasteiger partial charge in [-0.25, -0.2) is 4.98 Å². The normalized spacial score (nSPS) is 23.9. The van der Waals surface area contributed by atoms with Crippen LogP contribution < -0.4 is 0 Å². The Bertz CT molecular complexity index is 679. The van der Waals surface area contributed by atoms with Crippen LogP contribution in [0.2, 0.25) is 0 Å². The topological polar surface area (TPSA) is 53.5 Å². The number of thiazole rings is 1. The number of aryl methyl sites for hydroxylation is 2. The van der Waals surface area contributed by atoms with E-state index in [9.17, 15) is 9.59 Å². The third-order valence-corrected chi connectivity index (χ3v) is 6.60. The minimum atomic E-state index is -0.334. The average Bonchev–Trinajstić information content (AvgIpc) is 3.16. The Morgan fingerprint density at radius 1 is 1.31 bits per heavy atom. The molecule has 1 aromatic heterocycles. The van der Waals surface area contributed by atoms with Crippen LogP contribution in [0.5, 0.6) is 0 Å². The number of carbonyl (C=O) groups is 2. The van der Waals surface area contributed by atoms with E-state index >= 15 is 0 Å². The maximum absolute atomic E-state index is 13.2. The average molecular weight is 378 g/mol. The van der Waals surface area contributed by atoms with Gasteiger partial charge in [-0.15, -0.1) is 11.3 Å². The zero-order valence-corrected chi connectivity index (χ0v) is 17.3. The Hall–Kier alpha value is -1.43. The van der Waals surface area contributed by atoms with Crippen molar-refractivity contribution in [3.63, 3.8) is 0 Å². The summed E-state index contributed by atoms with van der Waals surface area (Å²) >= 11 is 1.62. The van der Waals surface area contributed by atoms with Crippen LogP contribution >= 0.6 is 11.3 Å². The molecule has 0 saturated carbocycles. The Kier molecular flexibility index (Phi) is 5.42. The van der Waals surface area contributed by atoms with Crippen molar-refractivity contribution >= 4 is 23.2 Å². The van der Waals surface area contributed by atoms with Gasteiger partial charge in [-0.05, 0) is 38.0 Å². The highest BCUT2D eigenvalue weighted by Crippen LogP contribution is 2.41. The van der Waals surface area contributed by atoms with E-state index in [0.717, 1.165) is 51.0 Å². The van der Waals surface area contributed by atoms with E-state index < -0.39 is 0 Å². The molecule has 1 spiro atoms. The number of amides is 2. The first-order valence-electron chi connectivity index (χ1n) is 9.66. The third kappa shape index (κ3) is 4.11. The van der Waals surface area contributed by atoms with Crippen molar-refractivity contribution in [2.75, 3.05) is 26.2 Å². The molecule has 2 saturated heterocycles. The number of rotatable bonds is 4. The number of aromatic nitrogens is 1. The molecule has 144 valence electrons. The fourth-order valence-electron chi connectivity index (χ4n) is 4.28. The summed E-state index contributed by atoms with van der Waals surface area (Å²) in [5.74, 6) is 0.447. The summed E-state index contributed by atoms with van der Waals surface area (Å²) in [6.07, 6.45) is 4.05. The van der Waals surface area contributed by atoms with E-state index in [2.05, 4.69) is 25.8 Å². The number of piperidine rings is 1. The Morgan fingerprint density at radius 2 is 2.08 bits per heavy atom. The minimum absolute atomic E-state index is 0.106. The summed E-state index contributed by atoms with van der Waals surface area (Å²) in [5.41, 5.74) is 2.64. The molecule has 3 heterocycles. The molecule has 26 heavy (non-hydrogen) atoms. The van der Waals surface area contributed by atoms with Crippen molar-refractivity contribution in [3.05, 3.63) is 16.1 Å². The van der Waals surface area contributed by atoms with Crippen molar-refractivity contribution in [2.24, 2.45) is 10.8 Å². The first-order chi connectivity index (χ1) is 12.2. The van der Waals surface area contributed by atoms with E-state index in [1.165, 1.54) is 4.88 Å². The lowest BCUT2D eigenvalue weighted by Gasteiger charge is -2.41. The Labute approximate surface area is 160 Å². The SMILES string of the molecule is Cc1ncsc1CCC(=O)N1CC[C@]2(CCCN(CC(C)(C)C)C2=O)C1. The van der Waals surface area contributed by atoms with Crippen molar-refractivity contribution in [1.29, 1.82) is 0 Å². The van der Waals surface area contributed by atoms with E-state index in [1.807, 2.05) is 22.2 Å². The highest BCUT2D eigenvalue weighted by molar-refractivity contribution is 7.09. The molecular formula is C20H31N3O2S. The molecule has 1 aromatic rings. The molecule has 2 aliphatic rings. The molecular weight excluding hydrogens is 346 g/mol. The van der Waals surface area contributed by atoms with Gasteiger partial charge in [0.15, 0.2) is 0 Å². The summed E-state index contributed by atoms with van der Waals surface area (Å²) in [6, 6.07) is 0. The van der Waals surface area contributed by atoms with Gasteiger partial charge in [-0.2, -0.15) is 0 Å². The zero-order chi connectivity index (χ0) is 18.9. The van der Waals surface area contributed by atoms with Crippen LogP contribution in [0.1, 0.15) is 57.0 Å². The molecule has 6 heteroatoms. The predicted molar refractivity (Wildman–Crippen MR) is 104 cm³/mol. The number of hydrogen-bond acceptors (Lipinski definition) is 4. The van der Waals surface area contributed by atoms with E-state index in [1.54, 1.807) is 11.3 Å². The number of hydrogen-bond donors (Lipinski definition) is 0. The van der Waals surface area contributed by atoms with Crippen LogP contribution in [0.4, 0.5) is 0 Å². The van der Waals surface area contributed by atoms with Gasteiger partial charge < -0.3 is 9.80 Å². The van der Waals surface area contributed by atoms with Gasteiger partial charge in [0, 0.05) is 37.5 Å². The van der Waals surface area contributed by atoms with Crippen LogP contribution in [0.15, 0.2) is 5.51 Å². The summed E-state index contributed by atoms with van der Waals surface area (Å²) in [5, 5.41) is 0. The first kappa shape index (κ1) is 19.3. The lowest BCUT2D eigenvalue weighted by molar-refractivity contribution is -0.147. The smallest absolute Gasteiger partial charge is 0.230 e. The highest BCUT2D eigenvalue weighted by atomic mass is 32.1. The monoisotopic (exact) mass is 377 g/mol. The second kappa shape index (κ2) is 7.29. The lowest BCUT2D eigenvalue weighted by Crippen LogP contribution is -2.52. The molecule has 2 amide bonds. The van der Waals surface area contributed by atoms with Crippen LogP contribution in [-0.2, 0) is 16.0 Å². The molecule has 0 radical (unpaired) electrons. The van der Waals surface area contributed by atoms with Crippen LogP contribution in [0.25, 0.3) is 0 Å². The van der Waals surface area contributed by atoms with Gasteiger partial charge in [0.1, 0.15) is 0 Å². The molecule has 0 unspecified atom stereocenters. The molecule has 0 N–H and O–H groups in total. The second-order valence-electron chi connectivity index (χ2n) is 9.10. The largest absolute Gasteiger partial charge is 0.342 e. The summed E-state index contributed by atoms with van der Waals surface area (Å²) in [4.78, 5) is 35.3. The summed E-state index contributed by atoms with van der Waals surface area (Å²) in [6.45, 7) is 11.5. The highest BCUT2D eigenvalue weighted by Gasteiger charge is 2.49. The Balaban J connectivity index is 1.60. The lowest BCUT2D eigenvalue weighted by atomic mass is 9.77. The van der Waals surface area contributed by atoms with E-state index in [-0.39, 0.29) is 22.6 Å². The predicted octanol–water partition coefficient (Wildman–Crippen LogP) is 3.27. The quantitative estimate of drug-likeness (QED) is 0.809. The van der Waals surface area contributed by atoms with Crippen LogP contribution in [0, 0.1) is 17.8 Å². The second-order valence-corrected chi connectivity index (χ2v) is 10.0. The third-order valence-electron chi connectivity index (χ3n) is 5.61. The van der Waals surface area contributed by atoms with E-state index in [4.69, 9.17) is 0 Å². The molecule has 2 fully saturated rings. The van der Waals surface area contributed by atoms with Gasteiger partial charge in [0.2, 0.25) is 11.8 Å². The molecule has 2 aliphatic heterocycles. The van der Waals surface area contributed by atoms with E-state index in [0.29, 0.717) is 13.0 Å². The summed E-state index contributed by atoms with van der Waals surface area (Å²) < 4.78 is 0. The first-order valence-corrected chi connectivity index (χ1v) is 10.5. The molecule has 0 aromatic carbocycles. The van der Waals surface area contributed by atoms with Crippen molar-refractivity contribution in [2.45, 2.75) is 59.8 Å². The molecule has 0 aliphatic carbocycles. The van der Waals surface area contributed by atoms with Gasteiger partial charge in [0.25, 0.3) is 0 Å². The fourth-order valence-corrected chi connectivity index (χ4v) is 5.07. The van der Waals surface area contributed by atoms with Gasteiger partial charge in [-0.1, -0.05) is 20.8 Å². The van der Waals surface area contributed by atoms with Crippen LogP contribution in [0.3, 0.4) is 0 Å². The van der Waals surface area contributed by atoms with Gasteiger partial charge in [-0.3, -0.25) is 9.59 Å². The molecule has 1 atom stereocenters. The molecule has 5 nitrogen and oxygen atoms in total. The summed E-state index contributed by atoms with van der Waals surface area (Å²) in [7, 11) is 0. The van der Waals surface area contributed by atoms with Gasteiger partial charge in [0.05, 0.1) is 16.6 Å². The van der Waals surface area contributed by atoms with Crippen molar-refractivity contribution in [1.82, 2.24) is 14.8 Å². The van der Waals surface area contributed by atoms with Gasteiger partial charge >= 0.3 is 0 Å². The number of likely N-dealkylation sites (tertiary alicyclic amines) is 2. The van der Waals surface area contributed by atoms with Crippen molar-refractivity contribution < 1.29 is 9.59 Å².